The maximum Gasteiger partial charge on any atom is 0.335 e. The Hall–Kier alpha value is -2.27. The number of amides is 1. The molecule has 0 heterocycles. The van der Waals surface area contributed by atoms with E-state index in [9.17, 15) is 14.7 Å². The predicted octanol–water partition coefficient (Wildman–Crippen LogP) is 5.16. The number of aromatic carboxylic acids is 1. The molecule has 1 amide bonds. The first kappa shape index (κ1) is 20.0. The second-order valence-corrected chi connectivity index (χ2v) is 9.10. The van der Waals surface area contributed by atoms with Gasteiger partial charge in [0.25, 0.3) is 0 Å². The number of hydrogen-bond acceptors (Lipinski definition) is 3. The Balaban J connectivity index is 1.99. The smallest absolute Gasteiger partial charge is 0.335 e. The Kier molecular flexibility index (Phi) is 6.48. The molecule has 0 atom stereocenters. The van der Waals surface area contributed by atoms with Crippen molar-refractivity contribution in [2.24, 2.45) is 0 Å². The lowest BCUT2D eigenvalue weighted by atomic mass is 10.0. The molecular formula is C21H25NO3S. The largest absolute Gasteiger partial charge is 0.478 e. The maximum atomic E-state index is 12.3. The van der Waals surface area contributed by atoms with E-state index >= 15 is 0 Å². The van der Waals surface area contributed by atoms with Crippen LogP contribution in [0.25, 0.3) is 0 Å². The molecule has 26 heavy (non-hydrogen) atoms. The Morgan fingerprint density at radius 2 is 1.81 bits per heavy atom. The van der Waals surface area contributed by atoms with Crippen LogP contribution in [0.15, 0.2) is 47.4 Å². The van der Waals surface area contributed by atoms with Crippen LogP contribution in [-0.2, 0) is 11.2 Å². The van der Waals surface area contributed by atoms with Gasteiger partial charge in [-0.2, -0.15) is 0 Å². The quantitative estimate of drug-likeness (QED) is 0.689. The summed E-state index contributed by atoms with van der Waals surface area (Å²) in [6, 6.07) is 12.8. The van der Waals surface area contributed by atoms with Crippen LogP contribution in [0.2, 0.25) is 0 Å². The van der Waals surface area contributed by atoms with E-state index in [1.807, 2.05) is 19.1 Å². The lowest BCUT2D eigenvalue weighted by Crippen LogP contribution is -2.14. The fourth-order valence-electron chi connectivity index (χ4n) is 2.60. The van der Waals surface area contributed by atoms with E-state index in [2.05, 4.69) is 32.2 Å². The van der Waals surface area contributed by atoms with Crippen molar-refractivity contribution < 1.29 is 14.7 Å². The molecule has 5 heteroatoms. The van der Waals surface area contributed by atoms with Crippen molar-refractivity contribution in [1.29, 1.82) is 0 Å². The molecule has 0 bridgehead atoms. The number of thioether (sulfide) groups is 1. The van der Waals surface area contributed by atoms with Gasteiger partial charge in [-0.05, 0) is 48.7 Å². The van der Waals surface area contributed by atoms with E-state index in [1.54, 1.807) is 36.0 Å². The number of benzene rings is 2. The molecule has 0 radical (unpaired) electrons. The van der Waals surface area contributed by atoms with Crippen LogP contribution in [0.4, 0.5) is 5.69 Å². The molecule has 0 saturated heterocycles. The zero-order valence-electron chi connectivity index (χ0n) is 15.6. The first-order valence-electron chi connectivity index (χ1n) is 8.56. The van der Waals surface area contributed by atoms with Gasteiger partial charge in [0.05, 0.1) is 5.56 Å². The highest BCUT2D eigenvalue weighted by atomic mass is 32.2. The minimum absolute atomic E-state index is 0.121. The van der Waals surface area contributed by atoms with Gasteiger partial charge >= 0.3 is 5.97 Å². The van der Waals surface area contributed by atoms with Crippen LogP contribution in [0.3, 0.4) is 0 Å². The Bertz CT molecular complexity index is 809. The minimum atomic E-state index is -0.969. The van der Waals surface area contributed by atoms with Crippen molar-refractivity contribution in [1.82, 2.24) is 0 Å². The Labute approximate surface area is 159 Å². The standard InChI is InChI=1S/C21H25NO3S/c1-14-13-16(26-21(2,3)4)10-11-18(14)22-19(23)12-9-15-7-5-6-8-17(15)20(24)25/h5-8,10-11,13H,9,12H2,1-4H3,(H,22,23)(H,24,25). The fraction of sp³-hybridized carbons (Fsp3) is 0.333. The molecule has 2 aromatic carbocycles. The van der Waals surface area contributed by atoms with E-state index in [-0.39, 0.29) is 22.6 Å². The summed E-state index contributed by atoms with van der Waals surface area (Å²) in [4.78, 5) is 24.7. The van der Waals surface area contributed by atoms with Crippen molar-refractivity contribution in [2.75, 3.05) is 5.32 Å². The molecule has 0 aliphatic carbocycles. The summed E-state index contributed by atoms with van der Waals surface area (Å²) in [7, 11) is 0. The average molecular weight is 372 g/mol. The molecule has 0 aliphatic heterocycles. The minimum Gasteiger partial charge on any atom is -0.478 e. The lowest BCUT2D eigenvalue weighted by Gasteiger charge is -2.18. The second-order valence-electron chi connectivity index (χ2n) is 7.20. The summed E-state index contributed by atoms with van der Waals surface area (Å²) in [5, 5.41) is 12.1. The number of carboxylic acid groups (broad SMARTS) is 1. The van der Waals surface area contributed by atoms with Crippen molar-refractivity contribution in [3.05, 3.63) is 59.2 Å². The van der Waals surface area contributed by atoms with Gasteiger partial charge in [-0.25, -0.2) is 4.79 Å². The summed E-state index contributed by atoms with van der Waals surface area (Å²) in [6.07, 6.45) is 0.632. The highest BCUT2D eigenvalue weighted by molar-refractivity contribution is 8.00. The number of carboxylic acids is 1. The third-order valence-electron chi connectivity index (χ3n) is 3.77. The van der Waals surface area contributed by atoms with E-state index in [4.69, 9.17) is 0 Å². The number of nitrogens with one attached hydrogen (secondary N) is 1. The maximum absolute atomic E-state index is 12.3. The van der Waals surface area contributed by atoms with Gasteiger partial charge in [-0.1, -0.05) is 39.0 Å². The summed E-state index contributed by atoms with van der Waals surface area (Å²) < 4.78 is 0.134. The van der Waals surface area contributed by atoms with Crippen molar-refractivity contribution in [3.8, 4) is 0 Å². The van der Waals surface area contributed by atoms with Gasteiger partial charge in [0.15, 0.2) is 0 Å². The van der Waals surface area contributed by atoms with Crippen LogP contribution in [0.1, 0.15) is 48.7 Å². The summed E-state index contributed by atoms with van der Waals surface area (Å²) >= 11 is 1.79. The predicted molar refractivity (Wildman–Crippen MR) is 107 cm³/mol. The summed E-state index contributed by atoms with van der Waals surface area (Å²) in [6.45, 7) is 8.47. The topological polar surface area (TPSA) is 66.4 Å². The van der Waals surface area contributed by atoms with Crippen LogP contribution >= 0.6 is 11.8 Å². The van der Waals surface area contributed by atoms with E-state index < -0.39 is 5.97 Å². The molecule has 0 fully saturated rings. The molecule has 0 unspecified atom stereocenters. The van der Waals surface area contributed by atoms with Gasteiger partial charge < -0.3 is 10.4 Å². The SMILES string of the molecule is Cc1cc(SC(C)(C)C)ccc1NC(=O)CCc1ccccc1C(=O)O. The number of aryl methyl sites for hydroxylation is 2. The molecule has 2 rings (SSSR count). The monoisotopic (exact) mass is 371 g/mol. The number of hydrogen-bond donors (Lipinski definition) is 2. The van der Waals surface area contributed by atoms with Crippen molar-refractivity contribution in [3.63, 3.8) is 0 Å². The van der Waals surface area contributed by atoms with Gasteiger partial charge in [-0.3, -0.25) is 4.79 Å². The molecule has 0 aliphatic rings. The average Bonchev–Trinajstić information content (AvgIpc) is 2.54. The third kappa shape index (κ3) is 5.92. The lowest BCUT2D eigenvalue weighted by molar-refractivity contribution is -0.116. The fourth-order valence-corrected chi connectivity index (χ4v) is 3.68. The van der Waals surface area contributed by atoms with Crippen molar-refractivity contribution in [2.45, 2.75) is 50.2 Å². The first-order valence-corrected chi connectivity index (χ1v) is 9.38. The normalized spacial score (nSPS) is 11.2. The number of anilines is 1. The summed E-state index contributed by atoms with van der Waals surface area (Å²) in [5.41, 5.74) is 2.72. The first-order chi connectivity index (χ1) is 12.2. The van der Waals surface area contributed by atoms with Crippen molar-refractivity contribution >= 4 is 29.3 Å². The summed E-state index contributed by atoms with van der Waals surface area (Å²) in [5.74, 6) is -1.09. The van der Waals surface area contributed by atoms with E-state index in [0.717, 1.165) is 11.3 Å². The third-order valence-corrected chi connectivity index (χ3v) is 4.87. The molecule has 2 aromatic rings. The number of rotatable bonds is 6. The number of carbonyl (C=O) groups excluding carboxylic acids is 1. The second kappa shape index (κ2) is 8.41. The Morgan fingerprint density at radius 1 is 1.12 bits per heavy atom. The highest BCUT2D eigenvalue weighted by Gasteiger charge is 2.14. The van der Waals surface area contributed by atoms with Crippen LogP contribution < -0.4 is 5.32 Å². The molecule has 4 nitrogen and oxygen atoms in total. The van der Waals surface area contributed by atoms with E-state index in [0.29, 0.717) is 12.0 Å². The molecule has 0 saturated carbocycles. The zero-order chi connectivity index (χ0) is 19.3. The molecule has 0 aromatic heterocycles. The van der Waals surface area contributed by atoms with Gasteiger partial charge in [0, 0.05) is 21.8 Å². The molecular weight excluding hydrogens is 346 g/mol. The molecule has 0 spiro atoms. The van der Waals surface area contributed by atoms with Crippen LogP contribution in [0, 0.1) is 6.92 Å². The molecule has 138 valence electrons. The van der Waals surface area contributed by atoms with Gasteiger partial charge in [0.2, 0.25) is 5.91 Å². The van der Waals surface area contributed by atoms with Gasteiger partial charge in [-0.15, -0.1) is 11.8 Å². The molecule has 2 N–H and O–H groups in total. The van der Waals surface area contributed by atoms with Crippen LogP contribution in [0.5, 0.6) is 0 Å². The number of carbonyl (C=O) groups is 2. The zero-order valence-corrected chi connectivity index (χ0v) is 16.4. The van der Waals surface area contributed by atoms with Gasteiger partial charge in [0.1, 0.15) is 0 Å². The van der Waals surface area contributed by atoms with Crippen LogP contribution in [-0.4, -0.2) is 21.7 Å². The van der Waals surface area contributed by atoms with E-state index in [1.165, 1.54) is 4.90 Å². The Morgan fingerprint density at radius 3 is 2.42 bits per heavy atom. The highest BCUT2D eigenvalue weighted by Crippen LogP contribution is 2.33.